The number of hydrogen-bond acceptors (Lipinski definition) is 5. The van der Waals surface area contributed by atoms with Gasteiger partial charge in [-0.25, -0.2) is 0 Å². The lowest BCUT2D eigenvalue weighted by molar-refractivity contribution is -0.129. The van der Waals surface area contributed by atoms with Crippen LogP contribution in [0.25, 0.3) is 11.5 Å². The van der Waals surface area contributed by atoms with Gasteiger partial charge in [0, 0.05) is 18.7 Å². The third kappa shape index (κ3) is 4.06. The Bertz CT molecular complexity index is 903. The van der Waals surface area contributed by atoms with E-state index in [1.807, 2.05) is 66.4 Å². The van der Waals surface area contributed by atoms with Gasteiger partial charge in [0.05, 0.1) is 0 Å². The van der Waals surface area contributed by atoms with Crippen LogP contribution in [0.15, 0.2) is 64.2 Å². The molecular formula is C21H21N3O2S. The van der Waals surface area contributed by atoms with Gasteiger partial charge >= 0.3 is 0 Å². The van der Waals surface area contributed by atoms with Crippen LogP contribution in [-0.4, -0.2) is 34.1 Å². The Balaban J connectivity index is 1.58. The number of rotatable bonds is 5. The minimum atomic E-state index is -0.379. The average Bonchev–Trinajstić information content (AvgIpc) is 3.39. The third-order valence-electron chi connectivity index (χ3n) is 4.67. The number of aromatic nitrogens is 2. The molecule has 3 aromatic rings. The fourth-order valence-electron chi connectivity index (χ4n) is 3.16. The summed E-state index contributed by atoms with van der Waals surface area (Å²) in [4.78, 5) is 15.0. The first-order valence-electron chi connectivity index (χ1n) is 9.11. The lowest BCUT2D eigenvalue weighted by Gasteiger charge is -2.22. The summed E-state index contributed by atoms with van der Waals surface area (Å²) in [6.45, 7) is 3.68. The van der Waals surface area contributed by atoms with E-state index in [0.29, 0.717) is 11.1 Å². The first-order valence-corrected chi connectivity index (χ1v) is 9.99. The smallest absolute Gasteiger partial charge is 0.277 e. The van der Waals surface area contributed by atoms with Crippen molar-refractivity contribution in [2.45, 2.75) is 30.2 Å². The molecule has 1 saturated heterocycles. The summed E-state index contributed by atoms with van der Waals surface area (Å²) in [6, 6.07) is 17.7. The van der Waals surface area contributed by atoms with Gasteiger partial charge in [-0.15, -0.1) is 10.2 Å². The van der Waals surface area contributed by atoms with Gasteiger partial charge in [-0.1, -0.05) is 48.0 Å². The van der Waals surface area contributed by atoms with Crippen LogP contribution in [0.4, 0.5) is 0 Å². The molecule has 0 unspecified atom stereocenters. The van der Waals surface area contributed by atoms with Crippen LogP contribution < -0.4 is 0 Å². The van der Waals surface area contributed by atoms with Crippen molar-refractivity contribution in [3.05, 3.63) is 65.7 Å². The van der Waals surface area contributed by atoms with E-state index < -0.39 is 0 Å². The monoisotopic (exact) mass is 379 g/mol. The molecule has 4 rings (SSSR count). The topological polar surface area (TPSA) is 59.2 Å². The Labute approximate surface area is 162 Å². The van der Waals surface area contributed by atoms with Crippen molar-refractivity contribution in [3.8, 4) is 11.5 Å². The molecule has 2 heterocycles. The van der Waals surface area contributed by atoms with Gasteiger partial charge < -0.3 is 9.32 Å². The van der Waals surface area contributed by atoms with Crippen LogP contribution in [0.1, 0.15) is 29.2 Å². The normalized spacial score (nSPS) is 15.1. The Morgan fingerprint density at radius 1 is 1.04 bits per heavy atom. The van der Waals surface area contributed by atoms with Gasteiger partial charge in [-0.3, -0.25) is 4.79 Å². The standard InChI is InChI=1S/C21H21N3O2S/c1-15-9-11-17(12-10-15)19-22-23-21(26-19)27-18(16-7-3-2-4-8-16)20(25)24-13-5-6-14-24/h2-4,7-12,18H,5-6,13-14H2,1H3/t18-/m0/s1. The van der Waals surface area contributed by atoms with Crippen molar-refractivity contribution in [1.82, 2.24) is 15.1 Å². The zero-order valence-electron chi connectivity index (χ0n) is 15.2. The molecule has 1 amide bonds. The van der Waals surface area contributed by atoms with Crippen molar-refractivity contribution in [2.75, 3.05) is 13.1 Å². The van der Waals surface area contributed by atoms with E-state index in [2.05, 4.69) is 10.2 Å². The highest BCUT2D eigenvalue weighted by Gasteiger charge is 2.30. The lowest BCUT2D eigenvalue weighted by atomic mass is 10.1. The maximum Gasteiger partial charge on any atom is 0.277 e. The average molecular weight is 379 g/mol. The van der Waals surface area contributed by atoms with Gasteiger partial charge in [0.2, 0.25) is 11.8 Å². The molecule has 1 atom stereocenters. The van der Waals surface area contributed by atoms with Crippen molar-refractivity contribution in [1.29, 1.82) is 0 Å². The Hall–Kier alpha value is -2.60. The molecule has 0 saturated carbocycles. The second kappa shape index (κ2) is 7.96. The highest BCUT2D eigenvalue weighted by Crippen LogP contribution is 2.37. The number of aryl methyl sites for hydroxylation is 1. The van der Waals surface area contributed by atoms with E-state index in [4.69, 9.17) is 4.42 Å². The van der Waals surface area contributed by atoms with E-state index in [9.17, 15) is 4.79 Å². The van der Waals surface area contributed by atoms with Crippen LogP contribution in [-0.2, 0) is 4.79 Å². The predicted octanol–water partition coefficient (Wildman–Crippen LogP) is 4.50. The molecule has 1 fully saturated rings. The molecule has 1 aliphatic heterocycles. The van der Waals surface area contributed by atoms with E-state index in [1.54, 1.807) is 0 Å². The predicted molar refractivity (Wildman–Crippen MR) is 105 cm³/mol. The summed E-state index contributed by atoms with van der Waals surface area (Å²) < 4.78 is 5.84. The maximum atomic E-state index is 13.1. The highest BCUT2D eigenvalue weighted by atomic mass is 32.2. The van der Waals surface area contributed by atoms with Crippen LogP contribution in [0.3, 0.4) is 0 Å². The second-order valence-corrected chi connectivity index (χ2v) is 7.74. The zero-order valence-corrected chi connectivity index (χ0v) is 16.0. The van der Waals surface area contributed by atoms with Gasteiger partial charge in [-0.2, -0.15) is 0 Å². The first-order chi connectivity index (χ1) is 13.2. The molecule has 2 aromatic carbocycles. The number of hydrogen-bond donors (Lipinski definition) is 0. The number of thioether (sulfide) groups is 1. The van der Waals surface area contributed by atoms with Crippen LogP contribution in [0, 0.1) is 6.92 Å². The molecule has 0 aliphatic carbocycles. The Morgan fingerprint density at radius 3 is 2.44 bits per heavy atom. The number of carbonyl (C=O) groups excluding carboxylic acids is 1. The number of carbonyl (C=O) groups is 1. The van der Waals surface area contributed by atoms with Gasteiger partial charge in [0.1, 0.15) is 5.25 Å². The van der Waals surface area contributed by atoms with Gasteiger partial charge in [0.25, 0.3) is 5.22 Å². The van der Waals surface area contributed by atoms with Gasteiger partial charge in [0.15, 0.2) is 0 Å². The van der Waals surface area contributed by atoms with Crippen LogP contribution in [0.5, 0.6) is 0 Å². The summed E-state index contributed by atoms with van der Waals surface area (Å²) in [5, 5.41) is 8.35. The largest absolute Gasteiger partial charge is 0.411 e. The minimum absolute atomic E-state index is 0.110. The fraction of sp³-hybridized carbons (Fsp3) is 0.286. The second-order valence-electron chi connectivity index (χ2n) is 6.68. The summed E-state index contributed by atoms with van der Waals surface area (Å²) in [7, 11) is 0. The molecule has 0 bridgehead atoms. The van der Waals surface area contributed by atoms with Crippen molar-refractivity contribution >= 4 is 17.7 Å². The van der Waals surface area contributed by atoms with Gasteiger partial charge in [-0.05, 0) is 49.2 Å². The minimum Gasteiger partial charge on any atom is -0.411 e. The van der Waals surface area contributed by atoms with E-state index >= 15 is 0 Å². The molecule has 5 nitrogen and oxygen atoms in total. The summed E-state index contributed by atoms with van der Waals surface area (Å²) in [5.41, 5.74) is 3.00. The Morgan fingerprint density at radius 2 is 1.74 bits per heavy atom. The van der Waals surface area contributed by atoms with Crippen molar-refractivity contribution < 1.29 is 9.21 Å². The highest BCUT2D eigenvalue weighted by molar-refractivity contribution is 8.00. The summed E-state index contributed by atoms with van der Waals surface area (Å²) in [5.74, 6) is 0.580. The molecule has 27 heavy (non-hydrogen) atoms. The third-order valence-corrected chi connectivity index (χ3v) is 5.74. The molecule has 138 valence electrons. The first kappa shape index (κ1) is 17.8. The zero-order chi connectivity index (χ0) is 18.6. The number of amides is 1. The van der Waals surface area contributed by atoms with Crippen molar-refractivity contribution in [3.63, 3.8) is 0 Å². The number of likely N-dealkylation sites (tertiary alicyclic amines) is 1. The summed E-state index contributed by atoms with van der Waals surface area (Å²) >= 11 is 1.32. The van der Waals surface area contributed by atoms with Crippen LogP contribution in [0.2, 0.25) is 0 Å². The van der Waals surface area contributed by atoms with E-state index in [1.165, 1.54) is 17.3 Å². The molecule has 1 aliphatic rings. The van der Waals surface area contributed by atoms with E-state index in [0.717, 1.165) is 37.1 Å². The lowest BCUT2D eigenvalue weighted by Crippen LogP contribution is -2.31. The molecule has 0 spiro atoms. The quantitative estimate of drug-likeness (QED) is 0.611. The molecule has 6 heteroatoms. The molecular weight excluding hydrogens is 358 g/mol. The maximum absolute atomic E-state index is 13.1. The van der Waals surface area contributed by atoms with Crippen LogP contribution >= 0.6 is 11.8 Å². The SMILES string of the molecule is Cc1ccc(-c2nnc(S[C@H](C(=O)N3CCCC3)c3ccccc3)o2)cc1. The van der Waals surface area contributed by atoms with Crippen molar-refractivity contribution in [2.24, 2.45) is 0 Å². The molecule has 0 radical (unpaired) electrons. The summed E-state index contributed by atoms with van der Waals surface area (Å²) in [6.07, 6.45) is 2.13. The van der Waals surface area contributed by atoms with E-state index in [-0.39, 0.29) is 11.2 Å². The fourth-order valence-corrected chi connectivity index (χ4v) is 4.12. The molecule has 1 aromatic heterocycles. The number of nitrogens with zero attached hydrogens (tertiary/aromatic N) is 3. The number of benzene rings is 2. The molecule has 0 N–H and O–H groups in total. The Kier molecular flexibility index (Phi) is 5.25.